The van der Waals surface area contributed by atoms with E-state index in [1.54, 1.807) is 24.3 Å². The summed E-state index contributed by atoms with van der Waals surface area (Å²) in [5.41, 5.74) is 5.91. The van der Waals surface area contributed by atoms with Crippen LogP contribution in [0.25, 0.3) is 0 Å². The Labute approximate surface area is 137 Å². The third-order valence-electron chi connectivity index (χ3n) is 2.03. The van der Waals surface area contributed by atoms with Gasteiger partial charge in [-0.05, 0) is 0 Å². The van der Waals surface area contributed by atoms with Crippen LogP contribution >= 0.6 is 78.7 Å². The molecule has 0 saturated heterocycles. The number of hydrogen-bond donors (Lipinski definition) is 1. The minimum atomic E-state index is -3.38. The first kappa shape index (κ1) is 16.8. The summed E-state index contributed by atoms with van der Waals surface area (Å²) in [7, 11) is -5.07. The molecule has 1 aromatic rings. The minimum absolute atomic E-state index is 0.491. The molecule has 13 heteroatoms. The number of hydrogen-bond acceptors (Lipinski definition) is 5. The average Bonchev–Trinajstić information content (AvgIpc) is 2.36. The van der Waals surface area contributed by atoms with Crippen LogP contribution in [-0.2, 0) is 0 Å². The molecule has 1 heterocycles. The van der Waals surface area contributed by atoms with Gasteiger partial charge in [-0.25, -0.2) is 0 Å². The second kappa shape index (κ2) is 6.28. The third-order valence-corrected chi connectivity index (χ3v) is 17.3. The molecule has 2 atom stereocenters. The van der Waals surface area contributed by atoms with Gasteiger partial charge < -0.3 is 0 Å². The van der Waals surface area contributed by atoms with Crippen LogP contribution in [0.3, 0.4) is 0 Å². The topological polar surface area (TPSA) is 54.1 Å². The summed E-state index contributed by atoms with van der Waals surface area (Å²) in [6.07, 6.45) is 0. The van der Waals surface area contributed by atoms with Gasteiger partial charge in [0.05, 0.1) is 0 Å². The van der Waals surface area contributed by atoms with Crippen LogP contribution in [0, 0.1) is 0 Å². The van der Waals surface area contributed by atoms with E-state index in [1.807, 2.05) is 6.07 Å². The molecule has 2 rings (SSSR count). The van der Waals surface area contributed by atoms with Crippen LogP contribution < -0.4 is 10.0 Å². The van der Waals surface area contributed by atoms with Gasteiger partial charge in [-0.15, -0.1) is 0 Å². The molecule has 1 aromatic carbocycles. The number of halogens is 5. The standard InChI is InChI=1S/C6H8Cl5N4OP3/c7-14-17(9)13-19(11,15(8)18(14,10)12)16-6-4-2-1-3-5-6/h1-5,18H,12H2. The van der Waals surface area contributed by atoms with Crippen molar-refractivity contribution in [3.63, 3.8) is 0 Å². The van der Waals surface area contributed by atoms with E-state index >= 15 is 0 Å². The number of nitrogens with two attached hydrogens (primary N) is 1. The van der Waals surface area contributed by atoms with Crippen LogP contribution in [0.1, 0.15) is 0 Å². The van der Waals surface area contributed by atoms with Crippen molar-refractivity contribution in [1.82, 2.24) is 7.92 Å². The molecule has 19 heavy (non-hydrogen) atoms. The van der Waals surface area contributed by atoms with Gasteiger partial charge in [-0.3, -0.25) is 0 Å². The fraction of sp³-hybridized carbons (Fsp3) is 0. The molecule has 0 aromatic heterocycles. The van der Waals surface area contributed by atoms with Crippen molar-refractivity contribution >= 4 is 78.7 Å². The summed E-state index contributed by atoms with van der Waals surface area (Å²) in [5, 5.41) is 0. The molecule has 0 fully saturated rings. The van der Waals surface area contributed by atoms with E-state index in [0.717, 1.165) is 7.92 Å². The van der Waals surface area contributed by atoms with Crippen molar-refractivity contribution < 1.29 is 4.52 Å². The van der Waals surface area contributed by atoms with E-state index < -0.39 is 21.4 Å². The van der Waals surface area contributed by atoms with Gasteiger partial charge in [0, 0.05) is 0 Å². The Bertz CT molecular complexity index is 519. The summed E-state index contributed by atoms with van der Waals surface area (Å²) < 4.78 is 11.8. The molecular formula is C6H8Cl5N4OP3. The fourth-order valence-corrected chi connectivity index (χ4v) is 14.9. The molecule has 0 spiro atoms. The molecular weight excluding hydrogens is 414 g/mol. The predicted molar refractivity (Wildman–Crippen MR) is 88.8 cm³/mol. The van der Waals surface area contributed by atoms with E-state index in [9.17, 15) is 0 Å². The zero-order valence-corrected chi connectivity index (χ0v) is 15.6. The van der Waals surface area contributed by atoms with Crippen molar-refractivity contribution in [1.29, 1.82) is 0 Å². The van der Waals surface area contributed by atoms with Gasteiger partial charge in [0.2, 0.25) is 0 Å². The van der Waals surface area contributed by atoms with Crippen LogP contribution in [0.5, 0.6) is 5.75 Å². The first-order valence-electron chi connectivity index (χ1n) is 4.70. The fourth-order valence-electron chi connectivity index (χ4n) is 1.19. The second-order valence-electron chi connectivity index (χ2n) is 3.36. The van der Waals surface area contributed by atoms with Gasteiger partial charge in [-0.1, -0.05) is 0 Å². The van der Waals surface area contributed by atoms with E-state index in [0.29, 0.717) is 5.75 Å². The number of rotatable bonds is 2. The van der Waals surface area contributed by atoms with Crippen molar-refractivity contribution in [2.45, 2.75) is 0 Å². The Morgan fingerprint density at radius 2 is 1.89 bits per heavy atom. The summed E-state index contributed by atoms with van der Waals surface area (Å²) >= 11 is 30.5. The molecule has 5 nitrogen and oxygen atoms in total. The summed E-state index contributed by atoms with van der Waals surface area (Å²) in [6.45, 7) is -3.12. The molecule has 0 saturated carbocycles. The van der Waals surface area contributed by atoms with E-state index in [2.05, 4.69) is 4.52 Å². The zero-order valence-electron chi connectivity index (χ0n) is 9.00. The second-order valence-corrected chi connectivity index (χ2v) is 15.0. The molecule has 2 N–H and O–H groups in total. The third kappa shape index (κ3) is 3.44. The Morgan fingerprint density at radius 3 is 2.47 bits per heavy atom. The summed E-state index contributed by atoms with van der Waals surface area (Å²) in [6, 6.07) is 8.82. The predicted octanol–water partition coefficient (Wildman–Crippen LogP) is 6.25. The Balaban J connectivity index is 2.39. The number of para-hydroxylation sites is 1. The molecule has 2 unspecified atom stereocenters. The van der Waals surface area contributed by atoms with Gasteiger partial charge in [0.25, 0.3) is 0 Å². The molecule has 108 valence electrons. The van der Waals surface area contributed by atoms with E-state index in [1.165, 1.54) is 0 Å². The maximum atomic E-state index is 6.34. The summed E-state index contributed by atoms with van der Waals surface area (Å²) in [5.74, 6) is 0.491. The molecule has 0 radical (unpaired) electrons. The number of benzene rings is 1. The number of nitrogens with zero attached hydrogens (tertiary/aromatic N) is 3. The van der Waals surface area contributed by atoms with Crippen molar-refractivity contribution in [2.75, 3.05) is 0 Å². The molecule has 1 aliphatic rings. The zero-order chi connectivity index (χ0) is 14.3. The average molecular weight is 422 g/mol. The van der Waals surface area contributed by atoms with E-state index in [-0.39, 0.29) is 0 Å². The normalized spacial score (nSPS) is 33.5. The van der Waals surface area contributed by atoms with Crippen molar-refractivity contribution in [2.24, 2.45) is 10.0 Å². The van der Waals surface area contributed by atoms with E-state index in [4.69, 9.17) is 67.3 Å². The maximum absolute atomic E-state index is 6.34. The first-order chi connectivity index (χ1) is 8.77. The van der Waals surface area contributed by atoms with Crippen LogP contribution in [0.15, 0.2) is 34.8 Å². The molecule has 0 aliphatic carbocycles. The Kier molecular flexibility index (Phi) is 5.56. The Morgan fingerprint density at radius 1 is 1.32 bits per heavy atom. The van der Waals surface area contributed by atoms with Crippen LogP contribution in [0.2, 0.25) is 0 Å². The summed E-state index contributed by atoms with van der Waals surface area (Å²) in [4.78, 5) is 0. The molecule has 0 bridgehead atoms. The van der Waals surface area contributed by atoms with Gasteiger partial charge in [-0.2, -0.15) is 0 Å². The van der Waals surface area contributed by atoms with Gasteiger partial charge >= 0.3 is 137 Å². The monoisotopic (exact) mass is 420 g/mol. The van der Waals surface area contributed by atoms with Crippen LogP contribution in [-0.4, -0.2) is 7.92 Å². The molecule has 1 aliphatic heterocycles. The van der Waals surface area contributed by atoms with Crippen molar-refractivity contribution in [3.05, 3.63) is 30.3 Å². The van der Waals surface area contributed by atoms with Gasteiger partial charge in [0.15, 0.2) is 0 Å². The quantitative estimate of drug-likeness (QED) is 0.452. The Hall–Kier alpha value is 1.44. The molecule has 0 amide bonds. The first-order valence-corrected chi connectivity index (χ1v) is 13.0. The van der Waals surface area contributed by atoms with Gasteiger partial charge in [0.1, 0.15) is 0 Å². The van der Waals surface area contributed by atoms with Crippen molar-refractivity contribution in [3.8, 4) is 5.75 Å². The van der Waals surface area contributed by atoms with Crippen LogP contribution in [0.4, 0.5) is 0 Å². The SMILES string of the molecule is N[PH]1(Cl)N(Cl)P(Cl)N=P(Cl)(Oc2ccccc2)N1Cl.